The number of nitriles is 1. The molecule has 20 heteroatoms. The van der Waals surface area contributed by atoms with Gasteiger partial charge in [0.25, 0.3) is 5.91 Å². The van der Waals surface area contributed by atoms with Gasteiger partial charge in [0.2, 0.25) is 17.7 Å². The average molecular weight is 1030 g/mol. The van der Waals surface area contributed by atoms with Gasteiger partial charge in [-0.25, -0.2) is 4.98 Å². The number of likely N-dealkylation sites (tertiary alicyclic amines) is 1. The van der Waals surface area contributed by atoms with Crippen molar-refractivity contribution >= 4 is 69.5 Å². The van der Waals surface area contributed by atoms with E-state index in [1.807, 2.05) is 64.1 Å². The molecule has 15 nitrogen and oxygen atoms in total. The number of ether oxygens (including phenoxy) is 2. The highest BCUT2D eigenvalue weighted by Gasteiger charge is 2.51. The zero-order valence-electron chi connectivity index (χ0n) is 41.1. The van der Waals surface area contributed by atoms with Crippen LogP contribution in [0.1, 0.15) is 88.2 Å². The molecule has 2 saturated heterocycles. The molecule has 4 aromatic rings. The molecule has 4 amide bonds. The minimum Gasteiger partial charge on any atom is -0.391 e. The molecule has 0 radical (unpaired) electrons. The highest BCUT2D eigenvalue weighted by Crippen LogP contribution is 2.40. The van der Waals surface area contributed by atoms with Crippen molar-refractivity contribution in [3.8, 4) is 16.5 Å². The zero-order valence-corrected chi connectivity index (χ0v) is 42.8. The Morgan fingerprint density at radius 2 is 1.60 bits per heavy atom. The fourth-order valence-corrected chi connectivity index (χ4v) is 10.0. The number of rotatable bonds is 21. The normalized spacial score (nSPS) is 17.3. The number of ketones is 1. The van der Waals surface area contributed by atoms with Gasteiger partial charge in [-0.1, -0.05) is 57.2 Å². The SMILES string of the molecule is Cc1ncsc1-c1ccc(CCC(=O)[C@@H]2C[C@@H](O)CN2C(=O)[C@@H](NC(=O)COCCOCCNC(=O)CCCc2ccc(N3C(=S)N(c4ccc(C#N)c(C(F)(F)F)c4)C(=O)C3(C)C)cc2)C(C)(C)C)cc1. The summed E-state index contributed by atoms with van der Waals surface area (Å²) in [5, 5.41) is 25.3. The lowest BCUT2D eigenvalue weighted by Gasteiger charge is -2.35. The van der Waals surface area contributed by atoms with Crippen LogP contribution in [0.2, 0.25) is 0 Å². The molecule has 3 N–H and O–H groups in total. The van der Waals surface area contributed by atoms with Crippen LogP contribution < -0.4 is 20.4 Å². The smallest absolute Gasteiger partial charge is 0.391 e. The summed E-state index contributed by atoms with van der Waals surface area (Å²) in [6, 6.07) is 17.9. The van der Waals surface area contributed by atoms with Crippen molar-refractivity contribution in [2.75, 3.05) is 49.3 Å². The van der Waals surface area contributed by atoms with E-state index in [0.29, 0.717) is 24.9 Å². The van der Waals surface area contributed by atoms with Crippen LogP contribution in [0.15, 0.2) is 72.2 Å². The van der Waals surface area contributed by atoms with Gasteiger partial charge in [-0.2, -0.15) is 18.4 Å². The number of aliphatic hydroxyl groups excluding tert-OH is 1. The maximum atomic E-state index is 14.0. The van der Waals surface area contributed by atoms with E-state index in [2.05, 4.69) is 15.6 Å². The zero-order chi connectivity index (χ0) is 52.5. The van der Waals surface area contributed by atoms with Gasteiger partial charge in [0.1, 0.15) is 18.2 Å². The van der Waals surface area contributed by atoms with Crippen molar-refractivity contribution in [3.05, 3.63) is 100 Å². The number of anilines is 2. The number of amides is 4. The summed E-state index contributed by atoms with van der Waals surface area (Å²) < 4.78 is 52.2. The number of hydrogen-bond donors (Lipinski definition) is 3. The standard InChI is InChI=1S/C52H60F3N7O8S2/c1-32-45(72-31-58-32)35-15-10-34(11-16-35)14-21-42(64)41-27-39(63)29-60(41)47(67)46(50(2,3)4)59-44(66)30-70-25-24-69-23-22-57-43(65)9-7-8-33-12-18-37(19-13-33)62-49(71)61(48(68)51(62,5)6)38-20-17-36(28-56)40(26-38)52(53,54)55/h10-13,15-20,26,31,39,41,46,63H,7-9,14,21-25,27,29-30H2,1-6H3,(H,57,65)(H,59,66)/t39-,41+,46-/m1/s1. The van der Waals surface area contributed by atoms with Gasteiger partial charge in [-0.05, 0) is 105 Å². The van der Waals surface area contributed by atoms with E-state index in [0.717, 1.165) is 44.3 Å². The molecule has 0 saturated carbocycles. The topological polar surface area (TPSA) is 194 Å². The fraction of sp³-hybridized carbons (Fsp3) is 0.462. The highest BCUT2D eigenvalue weighted by molar-refractivity contribution is 7.81. The Hall–Kier alpha value is -6.11. The number of aromatic nitrogens is 1. The minimum atomic E-state index is -4.81. The molecule has 0 bridgehead atoms. The van der Waals surface area contributed by atoms with Crippen LogP contribution >= 0.6 is 23.6 Å². The number of β-amino-alcohol motifs (C(OH)–C–C–N with tert-alkyl or cyclic N) is 1. The Bertz CT molecular complexity index is 2660. The number of aliphatic hydroxyl groups is 1. The number of thiazole rings is 1. The van der Waals surface area contributed by atoms with Crippen molar-refractivity contribution in [3.63, 3.8) is 0 Å². The first-order valence-electron chi connectivity index (χ1n) is 23.6. The third-order valence-corrected chi connectivity index (χ3v) is 13.9. The number of nitrogens with one attached hydrogen (secondary N) is 2. The molecular weight excluding hydrogens is 972 g/mol. The number of carbonyl (C=O) groups is 5. The van der Waals surface area contributed by atoms with Crippen LogP contribution in [-0.2, 0) is 52.5 Å². The van der Waals surface area contributed by atoms with Crippen LogP contribution in [0.25, 0.3) is 10.4 Å². The lowest BCUT2D eigenvalue weighted by atomic mass is 9.85. The van der Waals surface area contributed by atoms with Crippen molar-refractivity contribution in [2.24, 2.45) is 5.41 Å². The summed E-state index contributed by atoms with van der Waals surface area (Å²) in [5.41, 5.74) is 2.49. The molecule has 0 spiro atoms. The number of halogens is 3. The van der Waals surface area contributed by atoms with Crippen molar-refractivity contribution in [2.45, 2.75) is 110 Å². The van der Waals surface area contributed by atoms with Gasteiger partial charge in [-0.3, -0.25) is 28.9 Å². The predicted molar refractivity (Wildman–Crippen MR) is 270 cm³/mol. The molecular formula is C52H60F3N7O8S2. The monoisotopic (exact) mass is 1030 g/mol. The Balaban J connectivity index is 0.866. The molecule has 384 valence electrons. The Morgan fingerprint density at radius 1 is 0.944 bits per heavy atom. The second-order valence-electron chi connectivity index (χ2n) is 19.4. The molecule has 2 fully saturated rings. The summed E-state index contributed by atoms with van der Waals surface area (Å²) in [6.07, 6.45) is -3.54. The fourth-order valence-electron chi connectivity index (χ4n) is 8.68. The number of nitrogens with zero attached hydrogens (tertiary/aromatic N) is 5. The molecule has 3 atom stereocenters. The maximum Gasteiger partial charge on any atom is 0.417 e. The molecule has 2 aliphatic heterocycles. The maximum absolute atomic E-state index is 14.0. The molecule has 1 aromatic heterocycles. The minimum absolute atomic E-state index is 0.00946. The summed E-state index contributed by atoms with van der Waals surface area (Å²) in [7, 11) is 0. The number of alkyl halides is 3. The Morgan fingerprint density at radius 3 is 2.24 bits per heavy atom. The third-order valence-electron chi connectivity index (χ3n) is 12.6. The average Bonchev–Trinajstić information content (AvgIpc) is 3.99. The summed E-state index contributed by atoms with van der Waals surface area (Å²) in [5.74, 6) is -1.83. The summed E-state index contributed by atoms with van der Waals surface area (Å²) in [6.45, 7) is 10.9. The molecule has 72 heavy (non-hydrogen) atoms. The van der Waals surface area contributed by atoms with E-state index in [4.69, 9.17) is 21.7 Å². The van der Waals surface area contributed by atoms with Gasteiger partial charge in [0, 0.05) is 38.0 Å². The van der Waals surface area contributed by atoms with E-state index < -0.39 is 64.2 Å². The Kier molecular flexibility index (Phi) is 18.1. The predicted octanol–water partition coefficient (Wildman–Crippen LogP) is 7.09. The molecule has 3 heterocycles. The molecule has 0 unspecified atom stereocenters. The summed E-state index contributed by atoms with van der Waals surface area (Å²) >= 11 is 7.19. The quantitative estimate of drug-likeness (QED) is 0.0568. The van der Waals surface area contributed by atoms with Crippen molar-refractivity contribution in [1.29, 1.82) is 5.26 Å². The van der Waals surface area contributed by atoms with Gasteiger partial charge >= 0.3 is 6.18 Å². The van der Waals surface area contributed by atoms with Crippen molar-refractivity contribution < 1.29 is 51.7 Å². The molecule has 2 aliphatic rings. The van der Waals surface area contributed by atoms with Gasteiger partial charge in [0.15, 0.2) is 10.9 Å². The van der Waals surface area contributed by atoms with Gasteiger partial charge in [-0.15, -0.1) is 11.3 Å². The van der Waals surface area contributed by atoms with E-state index in [1.54, 1.807) is 47.7 Å². The van der Waals surface area contributed by atoms with Crippen LogP contribution in [0.3, 0.4) is 0 Å². The number of Topliss-reactive ketones (excluding diaryl/α,β-unsaturated/α-hetero) is 1. The Labute approximate surface area is 426 Å². The molecule has 3 aromatic carbocycles. The first-order chi connectivity index (χ1) is 34.0. The van der Waals surface area contributed by atoms with Crippen LogP contribution in [0.5, 0.6) is 0 Å². The first-order valence-corrected chi connectivity index (χ1v) is 24.9. The molecule has 0 aliphatic carbocycles. The molecule has 6 rings (SSSR count). The van der Waals surface area contributed by atoms with Gasteiger partial charge < -0.3 is 35.0 Å². The van der Waals surface area contributed by atoms with E-state index in [9.17, 15) is 47.5 Å². The van der Waals surface area contributed by atoms with E-state index >= 15 is 0 Å². The van der Waals surface area contributed by atoms with Gasteiger partial charge in [0.05, 0.1) is 70.9 Å². The van der Waals surface area contributed by atoms with Crippen LogP contribution in [0, 0.1) is 23.7 Å². The second-order valence-corrected chi connectivity index (χ2v) is 20.6. The number of thiocarbonyl (C=S) groups is 1. The highest BCUT2D eigenvalue weighted by atomic mass is 32.1. The van der Waals surface area contributed by atoms with E-state index in [-0.39, 0.29) is 81.3 Å². The largest absolute Gasteiger partial charge is 0.417 e. The third kappa shape index (κ3) is 13.5. The summed E-state index contributed by atoms with van der Waals surface area (Å²) in [4.78, 5) is 76.0. The van der Waals surface area contributed by atoms with Crippen LogP contribution in [0.4, 0.5) is 24.5 Å². The lowest BCUT2D eigenvalue weighted by Crippen LogP contribution is -2.57. The van der Waals surface area contributed by atoms with E-state index in [1.165, 1.54) is 17.0 Å². The number of aryl methyl sites for hydroxylation is 3. The number of benzene rings is 3. The lowest BCUT2D eigenvalue weighted by molar-refractivity contribution is -0.144. The number of hydrogen-bond acceptors (Lipinski definition) is 12. The van der Waals surface area contributed by atoms with Crippen molar-refractivity contribution in [1.82, 2.24) is 20.5 Å². The first kappa shape index (κ1) is 55.2. The van der Waals surface area contributed by atoms with Crippen LogP contribution in [-0.4, -0.2) is 113 Å². The number of carbonyl (C=O) groups excluding carboxylic acids is 5. The second kappa shape index (κ2) is 23.6.